The van der Waals surface area contributed by atoms with Gasteiger partial charge in [-0.3, -0.25) is 9.59 Å². The molecule has 22 heavy (non-hydrogen) atoms. The first kappa shape index (κ1) is 13.9. The molecule has 3 aromatic rings. The lowest BCUT2D eigenvalue weighted by molar-refractivity contribution is 0.355. The van der Waals surface area contributed by atoms with Crippen LogP contribution < -0.4 is 26.4 Å². The first-order chi connectivity index (χ1) is 10.5. The standard InChI is InChI=1S/C13H13N5O4/c1-6-11(19)17(14)13-15-8-5-10(22-3)9(21-2)4-7(8)12(20)18(13)16-6/h4-5H,14H2,1-3H3. The predicted molar refractivity (Wildman–Crippen MR) is 79.0 cm³/mol. The summed E-state index contributed by atoms with van der Waals surface area (Å²) in [5.41, 5.74) is -0.555. The lowest BCUT2D eigenvalue weighted by atomic mass is 10.2. The number of fused-ring (bicyclic) bond motifs is 2. The summed E-state index contributed by atoms with van der Waals surface area (Å²) >= 11 is 0. The van der Waals surface area contributed by atoms with E-state index in [-0.39, 0.29) is 16.9 Å². The molecule has 0 radical (unpaired) electrons. The van der Waals surface area contributed by atoms with Crippen molar-refractivity contribution < 1.29 is 9.47 Å². The number of hydrogen-bond donors (Lipinski definition) is 1. The van der Waals surface area contributed by atoms with Gasteiger partial charge in [0.2, 0.25) is 0 Å². The van der Waals surface area contributed by atoms with Crippen molar-refractivity contribution in [3.8, 4) is 11.5 Å². The van der Waals surface area contributed by atoms with Crippen LogP contribution in [0.5, 0.6) is 11.5 Å². The highest BCUT2D eigenvalue weighted by molar-refractivity contribution is 5.83. The van der Waals surface area contributed by atoms with Gasteiger partial charge in [0.25, 0.3) is 16.9 Å². The topological polar surface area (TPSA) is 114 Å². The molecular weight excluding hydrogens is 290 g/mol. The summed E-state index contributed by atoms with van der Waals surface area (Å²) in [4.78, 5) is 28.6. The number of nitrogens with zero attached hydrogens (tertiary/aromatic N) is 4. The van der Waals surface area contributed by atoms with Gasteiger partial charge in [-0.1, -0.05) is 0 Å². The maximum absolute atomic E-state index is 12.6. The SMILES string of the molecule is COc1cc2nc3n(N)c(=O)c(C)nn3c(=O)c2cc1OC. The molecular formula is C13H13N5O4. The Morgan fingerprint density at radius 3 is 2.36 bits per heavy atom. The molecule has 0 spiro atoms. The molecule has 2 N–H and O–H groups in total. The molecule has 2 aromatic heterocycles. The molecule has 0 bridgehead atoms. The Morgan fingerprint density at radius 2 is 1.73 bits per heavy atom. The number of benzene rings is 1. The smallest absolute Gasteiger partial charge is 0.295 e. The van der Waals surface area contributed by atoms with Gasteiger partial charge >= 0.3 is 0 Å². The van der Waals surface area contributed by atoms with Gasteiger partial charge in [0, 0.05) is 6.07 Å². The number of rotatable bonds is 2. The molecule has 0 aliphatic heterocycles. The lowest BCUT2D eigenvalue weighted by Gasteiger charge is -2.10. The van der Waals surface area contributed by atoms with Crippen molar-refractivity contribution >= 4 is 16.7 Å². The summed E-state index contributed by atoms with van der Waals surface area (Å²) in [6.07, 6.45) is 0. The molecule has 0 aliphatic carbocycles. The molecule has 0 aliphatic rings. The van der Waals surface area contributed by atoms with E-state index in [0.717, 1.165) is 9.19 Å². The number of ether oxygens (including phenoxy) is 2. The van der Waals surface area contributed by atoms with Crippen molar-refractivity contribution in [3.63, 3.8) is 0 Å². The monoisotopic (exact) mass is 303 g/mol. The third-order valence-corrected chi connectivity index (χ3v) is 3.33. The summed E-state index contributed by atoms with van der Waals surface area (Å²) in [5, 5.41) is 4.22. The number of aromatic nitrogens is 4. The van der Waals surface area contributed by atoms with E-state index in [0.29, 0.717) is 17.0 Å². The molecule has 0 saturated heterocycles. The molecule has 9 heteroatoms. The van der Waals surface area contributed by atoms with E-state index in [1.807, 2.05) is 0 Å². The fourth-order valence-corrected chi connectivity index (χ4v) is 2.20. The van der Waals surface area contributed by atoms with Crippen LogP contribution in [0.15, 0.2) is 21.7 Å². The van der Waals surface area contributed by atoms with E-state index >= 15 is 0 Å². The first-order valence-corrected chi connectivity index (χ1v) is 6.31. The molecule has 0 unspecified atom stereocenters. The molecule has 1 aromatic carbocycles. The van der Waals surface area contributed by atoms with Crippen LogP contribution in [0.4, 0.5) is 0 Å². The van der Waals surface area contributed by atoms with Gasteiger partial charge in [-0.2, -0.15) is 14.3 Å². The Labute approximate surface area is 123 Å². The van der Waals surface area contributed by atoms with Crippen LogP contribution in [-0.4, -0.2) is 33.5 Å². The van der Waals surface area contributed by atoms with Gasteiger partial charge in [-0.25, -0.2) is 4.98 Å². The molecule has 3 rings (SSSR count). The van der Waals surface area contributed by atoms with Crippen LogP contribution in [0.2, 0.25) is 0 Å². The van der Waals surface area contributed by atoms with Crippen LogP contribution >= 0.6 is 0 Å². The number of nitrogens with two attached hydrogens (primary N) is 1. The second-order valence-corrected chi connectivity index (χ2v) is 4.61. The molecule has 2 heterocycles. The zero-order valence-electron chi connectivity index (χ0n) is 12.2. The van der Waals surface area contributed by atoms with Gasteiger partial charge in [-0.05, 0) is 13.0 Å². The molecule has 0 fully saturated rings. The minimum absolute atomic E-state index is 0.0553. The Kier molecular flexibility index (Phi) is 2.98. The van der Waals surface area contributed by atoms with E-state index in [1.165, 1.54) is 27.2 Å². The maximum atomic E-state index is 12.6. The second kappa shape index (κ2) is 4.72. The maximum Gasteiger partial charge on any atom is 0.295 e. The average molecular weight is 303 g/mol. The minimum Gasteiger partial charge on any atom is -0.493 e. The number of methoxy groups -OCH3 is 2. The zero-order chi connectivity index (χ0) is 16.0. The third-order valence-electron chi connectivity index (χ3n) is 3.33. The Morgan fingerprint density at radius 1 is 1.09 bits per heavy atom. The Bertz CT molecular complexity index is 1020. The van der Waals surface area contributed by atoms with Gasteiger partial charge in [0.1, 0.15) is 5.69 Å². The van der Waals surface area contributed by atoms with E-state index in [4.69, 9.17) is 15.3 Å². The molecule has 0 amide bonds. The summed E-state index contributed by atoms with van der Waals surface area (Å²) < 4.78 is 12.1. The van der Waals surface area contributed by atoms with Gasteiger partial charge in [0.15, 0.2) is 11.5 Å². The highest BCUT2D eigenvalue weighted by Crippen LogP contribution is 2.29. The Balaban J connectivity index is 2.55. The molecule has 114 valence electrons. The largest absolute Gasteiger partial charge is 0.493 e. The molecule has 0 atom stereocenters. The molecule has 0 saturated carbocycles. The second-order valence-electron chi connectivity index (χ2n) is 4.61. The summed E-state index contributed by atoms with van der Waals surface area (Å²) in [6, 6.07) is 3.05. The van der Waals surface area contributed by atoms with Crippen molar-refractivity contribution in [1.29, 1.82) is 0 Å². The van der Waals surface area contributed by atoms with Crippen LogP contribution in [0.3, 0.4) is 0 Å². The van der Waals surface area contributed by atoms with E-state index in [1.54, 1.807) is 6.07 Å². The van der Waals surface area contributed by atoms with Crippen LogP contribution in [-0.2, 0) is 0 Å². The van der Waals surface area contributed by atoms with E-state index < -0.39 is 11.1 Å². The first-order valence-electron chi connectivity index (χ1n) is 6.31. The van der Waals surface area contributed by atoms with E-state index in [2.05, 4.69) is 10.1 Å². The fraction of sp³-hybridized carbons (Fsp3) is 0.231. The highest BCUT2D eigenvalue weighted by atomic mass is 16.5. The third kappa shape index (κ3) is 1.79. The van der Waals surface area contributed by atoms with Crippen molar-refractivity contribution in [2.75, 3.05) is 20.1 Å². The average Bonchev–Trinajstić information content (AvgIpc) is 2.53. The zero-order valence-corrected chi connectivity index (χ0v) is 12.2. The quantitative estimate of drug-likeness (QED) is 0.498. The van der Waals surface area contributed by atoms with Crippen molar-refractivity contribution in [2.45, 2.75) is 6.92 Å². The van der Waals surface area contributed by atoms with Crippen molar-refractivity contribution in [1.82, 2.24) is 19.3 Å². The summed E-state index contributed by atoms with van der Waals surface area (Å²) in [7, 11) is 2.94. The predicted octanol–water partition coefficient (Wildman–Crippen LogP) is -0.556. The molecule has 9 nitrogen and oxygen atoms in total. The van der Waals surface area contributed by atoms with Crippen molar-refractivity contribution in [2.24, 2.45) is 0 Å². The highest BCUT2D eigenvalue weighted by Gasteiger charge is 2.15. The van der Waals surface area contributed by atoms with Gasteiger partial charge < -0.3 is 15.3 Å². The van der Waals surface area contributed by atoms with Crippen LogP contribution in [0, 0.1) is 6.92 Å². The minimum atomic E-state index is -0.522. The Hall–Kier alpha value is -3.10. The number of aryl methyl sites for hydroxylation is 1. The number of hydrogen-bond acceptors (Lipinski definition) is 7. The normalized spacial score (nSPS) is 11.0. The fourth-order valence-electron chi connectivity index (χ4n) is 2.20. The van der Waals surface area contributed by atoms with Crippen LogP contribution in [0.25, 0.3) is 16.7 Å². The lowest BCUT2D eigenvalue weighted by Crippen LogP contribution is -2.36. The summed E-state index contributed by atoms with van der Waals surface area (Å²) in [6.45, 7) is 1.47. The van der Waals surface area contributed by atoms with Crippen molar-refractivity contribution in [3.05, 3.63) is 38.5 Å². The van der Waals surface area contributed by atoms with Crippen LogP contribution in [0.1, 0.15) is 5.69 Å². The van der Waals surface area contributed by atoms with E-state index in [9.17, 15) is 9.59 Å². The van der Waals surface area contributed by atoms with Gasteiger partial charge in [0.05, 0.1) is 25.1 Å². The number of nitrogen functional groups attached to an aromatic ring is 1. The van der Waals surface area contributed by atoms with Gasteiger partial charge in [-0.15, -0.1) is 0 Å². The summed E-state index contributed by atoms with van der Waals surface area (Å²) in [5.74, 6) is 6.45.